The number of H-pyrrole nitrogens is 1. The highest BCUT2D eigenvalue weighted by Gasteiger charge is 1.95. The van der Waals surface area contributed by atoms with Crippen LogP contribution < -0.4 is 5.32 Å². The van der Waals surface area contributed by atoms with Crippen molar-refractivity contribution >= 4 is 0 Å². The van der Waals surface area contributed by atoms with Crippen LogP contribution in [0.3, 0.4) is 0 Å². The normalized spacial score (nSPS) is 10.0. The Labute approximate surface area is 53.7 Å². The molecule has 0 fully saturated rings. The first-order valence-electron chi connectivity index (χ1n) is 2.81. The molecule has 0 aliphatic heterocycles. The number of nitrogens with two attached hydrogens (primary N) is 1. The fourth-order valence-corrected chi connectivity index (χ4v) is 0.609. The summed E-state index contributed by atoms with van der Waals surface area (Å²) < 4.78 is 0. The van der Waals surface area contributed by atoms with Crippen molar-refractivity contribution in [1.29, 1.82) is 0 Å². The molecule has 0 bridgehead atoms. The van der Waals surface area contributed by atoms with Crippen LogP contribution in [0.4, 0.5) is 0 Å². The Kier molecular flexibility index (Phi) is 1.79. The molecule has 3 N–H and O–H groups in total. The van der Waals surface area contributed by atoms with E-state index in [2.05, 4.69) is 22.2 Å². The molecule has 1 rings (SSSR count). The van der Waals surface area contributed by atoms with Crippen LogP contribution in [0, 0.1) is 14.0 Å². The van der Waals surface area contributed by atoms with E-state index in [1.54, 1.807) is 5.32 Å². The minimum Gasteiger partial charge on any atom is -0.472 e. The summed E-state index contributed by atoms with van der Waals surface area (Å²) in [5, 5.41) is 8.42. The molecule has 4 heteroatoms. The van der Waals surface area contributed by atoms with E-state index in [-0.39, 0.29) is 0 Å². The van der Waals surface area contributed by atoms with Crippen LogP contribution in [0.5, 0.6) is 0 Å². The van der Waals surface area contributed by atoms with Crippen molar-refractivity contribution in [3.05, 3.63) is 18.7 Å². The molecular weight excluding hydrogens is 116 g/mol. The van der Waals surface area contributed by atoms with Gasteiger partial charge < -0.3 is 5.32 Å². The lowest BCUT2D eigenvalue weighted by atomic mass is 10.6. The van der Waals surface area contributed by atoms with Gasteiger partial charge in [0, 0.05) is 0 Å². The molecule has 0 unspecified atom stereocenters. The number of aromatic nitrogens is 3. The number of hydrogen-bond acceptors (Lipinski definition) is 2. The fraction of sp³-hybridized carbons (Fsp3) is 0.400. The Morgan fingerprint density at radius 2 is 2.56 bits per heavy atom. The number of rotatable bonds is 2. The van der Waals surface area contributed by atoms with E-state index in [4.69, 9.17) is 0 Å². The van der Waals surface area contributed by atoms with E-state index in [1.807, 2.05) is 6.92 Å². The zero-order valence-electron chi connectivity index (χ0n) is 5.39. The van der Waals surface area contributed by atoms with Gasteiger partial charge in [0.1, 0.15) is 12.4 Å². The molecule has 0 saturated carbocycles. The Morgan fingerprint density at radius 3 is 3.00 bits per heavy atom. The lowest BCUT2D eigenvalue weighted by molar-refractivity contribution is -0.613. The number of aromatic amines is 1. The van der Waals surface area contributed by atoms with Crippen molar-refractivity contribution in [3.63, 3.8) is 0 Å². The molecule has 4 nitrogen and oxygen atoms in total. The Bertz CT molecular complexity index is 181. The van der Waals surface area contributed by atoms with Crippen LogP contribution in [0.2, 0.25) is 0 Å². The monoisotopic (exact) mass is 126 g/mol. The first-order chi connectivity index (χ1) is 4.33. The molecule has 9 heavy (non-hydrogen) atoms. The highest BCUT2D eigenvalue weighted by Crippen LogP contribution is 1.85. The molecule has 0 aliphatic carbocycles. The lowest BCUT2D eigenvalue weighted by Crippen LogP contribution is -2.75. The van der Waals surface area contributed by atoms with E-state index >= 15 is 0 Å². The first kappa shape index (κ1) is 6.22. The maximum Gasteiger partial charge on any atom is 0.202 e. The number of hydrogen-bond donors (Lipinski definition) is 2. The van der Waals surface area contributed by atoms with Crippen molar-refractivity contribution in [2.24, 2.45) is 0 Å². The summed E-state index contributed by atoms with van der Waals surface area (Å²) in [4.78, 5) is 4.06. The van der Waals surface area contributed by atoms with Crippen LogP contribution in [0.1, 0.15) is 11.6 Å². The third-order valence-electron chi connectivity index (χ3n) is 0.970. The summed E-state index contributed by atoms with van der Waals surface area (Å²) in [5.41, 5.74) is 0. The number of nitrogens with one attached hydrogen (secondary N) is 1. The zero-order chi connectivity index (χ0) is 6.69. The van der Waals surface area contributed by atoms with Crippen molar-refractivity contribution in [2.75, 3.05) is 0 Å². The largest absolute Gasteiger partial charge is 0.472 e. The number of quaternary nitrogens is 1. The second-order valence-corrected chi connectivity index (χ2v) is 1.83. The predicted octanol–water partition coefficient (Wildman–Crippen LogP) is -1.03. The number of nitrogens with zero attached hydrogens (tertiary/aromatic N) is 2. The molecular formula is C5H10N4. The fourth-order valence-electron chi connectivity index (χ4n) is 0.609. The van der Waals surface area contributed by atoms with E-state index < -0.39 is 0 Å². The Balaban J connectivity index is 2.61. The molecule has 0 aromatic carbocycles. The molecule has 1 heterocycles. The summed E-state index contributed by atoms with van der Waals surface area (Å²) in [6.07, 6.45) is 0. The van der Waals surface area contributed by atoms with Gasteiger partial charge in [-0.2, -0.15) is 12.1 Å². The van der Waals surface area contributed by atoms with Crippen LogP contribution in [-0.2, 0) is 6.54 Å². The number of aryl methyl sites for hydroxylation is 1. The molecule has 1 aromatic rings. The molecule has 0 amide bonds. The van der Waals surface area contributed by atoms with Crippen LogP contribution >= 0.6 is 0 Å². The third-order valence-corrected chi connectivity index (χ3v) is 0.970. The highest BCUT2D eigenvalue weighted by molar-refractivity contribution is 4.84. The van der Waals surface area contributed by atoms with Crippen LogP contribution in [0.15, 0.2) is 0 Å². The molecule has 0 saturated heterocycles. The lowest BCUT2D eigenvalue weighted by Gasteiger charge is -1.90. The second kappa shape index (κ2) is 2.59. The average molecular weight is 126 g/mol. The summed E-state index contributed by atoms with van der Waals surface area (Å²) in [5.74, 6) is 1.66. The molecule has 0 atom stereocenters. The van der Waals surface area contributed by atoms with Gasteiger partial charge in [0.05, 0.1) is 0 Å². The van der Waals surface area contributed by atoms with Gasteiger partial charge >= 0.3 is 0 Å². The molecule has 50 valence electrons. The Hall–Kier alpha value is -0.900. The van der Waals surface area contributed by atoms with Gasteiger partial charge in [-0.25, -0.2) is 4.98 Å². The Morgan fingerprint density at radius 1 is 1.78 bits per heavy atom. The smallest absolute Gasteiger partial charge is 0.202 e. The van der Waals surface area contributed by atoms with Crippen LogP contribution in [0.25, 0.3) is 0 Å². The van der Waals surface area contributed by atoms with Crippen molar-refractivity contribution in [3.8, 4) is 0 Å². The van der Waals surface area contributed by atoms with E-state index in [0.717, 1.165) is 18.2 Å². The van der Waals surface area contributed by atoms with E-state index in [9.17, 15) is 0 Å². The maximum absolute atomic E-state index is 4.06. The molecule has 0 radical (unpaired) electrons. The van der Waals surface area contributed by atoms with E-state index in [1.165, 1.54) is 0 Å². The van der Waals surface area contributed by atoms with Crippen molar-refractivity contribution < 1.29 is 5.32 Å². The standard InChI is InChI=1S/C5H10N4/c1-4-7-5(3-6-2)9-8-4/h2-3,6H2,1H3,(H,7,8,9). The van der Waals surface area contributed by atoms with Gasteiger partial charge in [0.15, 0.2) is 0 Å². The SMILES string of the molecule is [CH2-][NH2+]Cc1n[nH]c(C)n1. The summed E-state index contributed by atoms with van der Waals surface area (Å²) in [7, 11) is 3.57. The van der Waals surface area contributed by atoms with Crippen molar-refractivity contribution in [1.82, 2.24) is 15.2 Å². The second-order valence-electron chi connectivity index (χ2n) is 1.83. The minimum absolute atomic E-state index is 0.740. The van der Waals surface area contributed by atoms with Gasteiger partial charge in [0.2, 0.25) is 5.82 Å². The average Bonchev–Trinajstić information content (AvgIpc) is 2.17. The third kappa shape index (κ3) is 1.50. The van der Waals surface area contributed by atoms with Gasteiger partial charge in [0.25, 0.3) is 0 Å². The maximum atomic E-state index is 4.06. The minimum atomic E-state index is 0.740. The summed E-state index contributed by atoms with van der Waals surface area (Å²) >= 11 is 0. The summed E-state index contributed by atoms with van der Waals surface area (Å²) in [6.45, 7) is 2.62. The topological polar surface area (TPSA) is 58.2 Å². The van der Waals surface area contributed by atoms with Gasteiger partial charge in [-0.1, -0.05) is 0 Å². The summed E-state index contributed by atoms with van der Waals surface area (Å²) in [6, 6.07) is 0. The van der Waals surface area contributed by atoms with Gasteiger partial charge in [-0.3, -0.25) is 5.10 Å². The van der Waals surface area contributed by atoms with Crippen LogP contribution in [-0.4, -0.2) is 15.2 Å². The molecule has 1 aromatic heterocycles. The quantitative estimate of drug-likeness (QED) is 0.498. The van der Waals surface area contributed by atoms with Crippen molar-refractivity contribution in [2.45, 2.75) is 13.5 Å². The molecule has 0 aliphatic rings. The highest BCUT2D eigenvalue weighted by atomic mass is 15.2. The van der Waals surface area contributed by atoms with E-state index in [0.29, 0.717) is 0 Å². The zero-order valence-corrected chi connectivity index (χ0v) is 5.39. The van der Waals surface area contributed by atoms with Gasteiger partial charge in [-0.15, -0.1) is 0 Å². The van der Waals surface area contributed by atoms with Gasteiger partial charge in [-0.05, 0) is 6.92 Å². The first-order valence-corrected chi connectivity index (χ1v) is 2.81. The predicted molar refractivity (Wildman–Crippen MR) is 32.1 cm³/mol. The molecule has 0 spiro atoms.